The van der Waals surface area contributed by atoms with E-state index < -0.39 is 78.4 Å². The molecule has 3 aromatic rings. The van der Waals surface area contributed by atoms with Crippen molar-refractivity contribution in [3.05, 3.63) is 95.8 Å². The number of ether oxygens (including phenoxy) is 1. The third kappa shape index (κ3) is 9.90. The van der Waals surface area contributed by atoms with Crippen molar-refractivity contribution in [1.82, 2.24) is 36.5 Å². The van der Waals surface area contributed by atoms with Crippen LogP contribution in [0.2, 0.25) is 0 Å². The van der Waals surface area contributed by atoms with E-state index in [9.17, 15) is 33.9 Å². The van der Waals surface area contributed by atoms with Gasteiger partial charge in [-0.15, -0.1) is 0 Å². The Balaban J connectivity index is 1.46. The molecular weight excluding hydrogens is 670 g/mol. The summed E-state index contributed by atoms with van der Waals surface area (Å²) < 4.78 is 5.71. The highest BCUT2D eigenvalue weighted by atomic mass is 16.5. The lowest BCUT2D eigenvalue weighted by Crippen LogP contribution is -2.60. The molecule has 0 spiro atoms. The lowest BCUT2D eigenvalue weighted by molar-refractivity contribution is -0.143. The number of carbonyl (C=O) groups excluding carboxylic acids is 6. The summed E-state index contributed by atoms with van der Waals surface area (Å²) >= 11 is 0. The standard InChI is InChI=1S/C37H43N7O8/c1-22-33(47)39-16-14-24-10-12-28(13-11-24)52-21-31(46)42-29(17-25-7-4-3-5-8-25)37(51)44-20-27(41-34(48)26-9-6-15-38-19-26)18-30(44)35(49)43-32(23(2)45)36(50)40-22/h3-13,15,19,22-23,27,29-30,32,45H,14,16-18,20-21H2,1-2H3,(H,39,47)(H,40,50)(H,41,48)(H,42,46)(H,43,49)/t22-,23+,27-,29-,30-,32-/m0/s1. The predicted octanol–water partition coefficient (Wildman–Crippen LogP) is -0.370. The van der Waals surface area contributed by atoms with Gasteiger partial charge in [0.25, 0.3) is 11.8 Å². The molecule has 3 aliphatic rings. The Morgan fingerprint density at radius 2 is 1.71 bits per heavy atom. The van der Waals surface area contributed by atoms with Crippen molar-refractivity contribution in [2.75, 3.05) is 19.7 Å². The molecule has 3 aliphatic heterocycles. The fourth-order valence-corrected chi connectivity index (χ4v) is 6.09. The highest BCUT2D eigenvalue weighted by Crippen LogP contribution is 2.22. The molecule has 15 heteroatoms. The zero-order valence-electron chi connectivity index (χ0n) is 28.9. The molecule has 6 N–H and O–H groups in total. The van der Waals surface area contributed by atoms with E-state index in [1.165, 1.54) is 31.1 Å². The van der Waals surface area contributed by atoms with Crippen molar-refractivity contribution >= 4 is 35.4 Å². The van der Waals surface area contributed by atoms with Crippen LogP contribution in [0.25, 0.3) is 0 Å². The molecule has 6 amide bonds. The van der Waals surface area contributed by atoms with Crippen molar-refractivity contribution < 1.29 is 38.6 Å². The largest absolute Gasteiger partial charge is 0.484 e. The zero-order valence-corrected chi connectivity index (χ0v) is 28.9. The molecule has 1 fully saturated rings. The Hall–Kier alpha value is -5.83. The van der Waals surface area contributed by atoms with E-state index in [0.29, 0.717) is 12.2 Å². The number of amides is 6. The number of benzene rings is 2. The van der Waals surface area contributed by atoms with Crippen LogP contribution in [0.15, 0.2) is 79.1 Å². The normalized spacial score (nSPS) is 24.1. The molecule has 274 valence electrons. The number of nitrogens with zero attached hydrogens (tertiary/aromatic N) is 2. The van der Waals surface area contributed by atoms with Crippen LogP contribution in [0, 0.1) is 0 Å². The Bertz CT molecular complexity index is 1740. The first-order valence-electron chi connectivity index (χ1n) is 17.1. The Morgan fingerprint density at radius 1 is 0.962 bits per heavy atom. The van der Waals surface area contributed by atoms with E-state index in [-0.39, 0.29) is 31.5 Å². The monoisotopic (exact) mass is 713 g/mol. The number of pyridine rings is 1. The van der Waals surface area contributed by atoms with Crippen LogP contribution in [0.5, 0.6) is 5.75 Å². The number of aliphatic hydroxyl groups is 1. The van der Waals surface area contributed by atoms with Gasteiger partial charge in [-0.2, -0.15) is 0 Å². The highest BCUT2D eigenvalue weighted by molar-refractivity contribution is 5.97. The molecule has 4 heterocycles. The minimum absolute atomic E-state index is 0.0400. The lowest BCUT2D eigenvalue weighted by atomic mass is 10.0. The molecule has 2 bridgehead atoms. The van der Waals surface area contributed by atoms with Crippen molar-refractivity contribution in [2.45, 2.75) is 69.4 Å². The first kappa shape index (κ1) is 37.4. The van der Waals surface area contributed by atoms with Crippen LogP contribution in [0.3, 0.4) is 0 Å². The second-order valence-corrected chi connectivity index (χ2v) is 12.9. The summed E-state index contributed by atoms with van der Waals surface area (Å²) in [4.78, 5) is 86.1. The maximum Gasteiger partial charge on any atom is 0.258 e. The van der Waals surface area contributed by atoms with Crippen molar-refractivity contribution in [1.29, 1.82) is 0 Å². The Morgan fingerprint density at radius 3 is 2.40 bits per heavy atom. The number of aliphatic hydroxyl groups excluding tert-OH is 1. The molecule has 1 aromatic heterocycles. The fourth-order valence-electron chi connectivity index (χ4n) is 6.09. The van der Waals surface area contributed by atoms with E-state index in [4.69, 9.17) is 4.74 Å². The van der Waals surface area contributed by atoms with Gasteiger partial charge in [-0.25, -0.2) is 0 Å². The van der Waals surface area contributed by atoms with Crippen molar-refractivity contribution in [3.63, 3.8) is 0 Å². The van der Waals surface area contributed by atoms with Crippen molar-refractivity contribution in [2.24, 2.45) is 0 Å². The smallest absolute Gasteiger partial charge is 0.258 e. The number of carbonyl (C=O) groups is 6. The average Bonchev–Trinajstić information content (AvgIpc) is 3.56. The molecular formula is C37H43N7O8. The zero-order chi connectivity index (χ0) is 37.2. The lowest BCUT2D eigenvalue weighted by Gasteiger charge is -2.30. The first-order valence-corrected chi connectivity index (χ1v) is 17.1. The topological polar surface area (TPSA) is 208 Å². The number of aromatic nitrogens is 1. The Labute approximate surface area is 300 Å². The van der Waals surface area contributed by atoms with E-state index >= 15 is 0 Å². The van der Waals surface area contributed by atoms with Gasteiger partial charge in [0.1, 0.15) is 29.9 Å². The average molecular weight is 714 g/mol. The van der Waals surface area contributed by atoms with Gasteiger partial charge >= 0.3 is 0 Å². The van der Waals surface area contributed by atoms with E-state index in [2.05, 4.69) is 31.6 Å². The van der Waals surface area contributed by atoms with Gasteiger partial charge in [-0.1, -0.05) is 42.5 Å². The first-order chi connectivity index (χ1) is 25.0. The number of rotatable bonds is 5. The summed E-state index contributed by atoms with van der Waals surface area (Å²) in [6.07, 6.45) is 2.04. The van der Waals surface area contributed by atoms with Gasteiger partial charge < -0.3 is 41.3 Å². The number of fused-ring (bicyclic) bond motifs is 16. The molecule has 0 radical (unpaired) electrons. The number of hydrogen-bond donors (Lipinski definition) is 6. The molecule has 6 atom stereocenters. The van der Waals surface area contributed by atoms with Crippen LogP contribution in [0.4, 0.5) is 0 Å². The van der Waals surface area contributed by atoms with Gasteiger partial charge in [0.15, 0.2) is 6.61 Å². The molecule has 52 heavy (non-hydrogen) atoms. The van der Waals surface area contributed by atoms with Crippen LogP contribution in [0.1, 0.15) is 41.8 Å². The van der Waals surface area contributed by atoms with E-state index in [0.717, 1.165) is 11.1 Å². The highest BCUT2D eigenvalue weighted by Gasteiger charge is 2.44. The molecule has 2 aromatic carbocycles. The minimum Gasteiger partial charge on any atom is -0.484 e. The van der Waals surface area contributed by atoms with Crippen LogP contribution in [-0.2, 0) is 36.8 Å². The molecule has 15 nitrogen and oxygen atoms in total. The number of hydrogen-bond acceptors (Lipinski definition) is 9. The van der Waals surface area contributed by atoms with E-state index in [1.807, 2.05) is 6.07 Å². The van der Waals surface area contributed by atoms with Gasteiger partial charge in [0.2, 0.25) is 23.6 Å². The van der Waals surface area contributed by atoms with Crippen LogP contribution >= 0.6 is 0 Å². The molecule has 0 aliphatic carbocycles. The Kier molecular flexibility index (Phi) is 12.5. The summed E-state index contributed by atoms with van der Waals surface area (Å²) in [5.41, 5.74) is 1.90. The summed E-state index contributed by atoms with van der Waals surface area (Å²) in [7, 11) is 0. The summed E-state index contributed by atoms with van der Waals surface area (Å²) in [6.45, 7) is 2.56. The van der Waals surface area contributed by atoms with Crippen molar-refractivity contribution in [3.8, 4) is 5.75 Å². The molecule has 0 saturated carbocycles. The second kappa shape index (κ2) is 17.4. The summed E-state index contributed by atoms with van der Waals surface area (Å²) in [6, 6.07) is 13.6. The predicted molar refractivity (Wildman–Crippen MR) is 188 cm³/mol. The van der Waals surface area contributed by atoms with Crippen LogP contribution in [-0.4, -0.2) is 106 Å². The molecule has 6 rings (SSSR count). The summed E-state index contributed by atoms with van der Waals surface area (Å²) in [5.74, 6) is -3.29. The van der Waals surface area contributed by atoms with Gasteiger partial charge in [0, 0.05) is 37.9 Å². The third-order valence-corrected chi connectivity index (χ3v) is 8.88. The number of nitrogens with one attached hydrogen (secondary N) is 5. The SMILES string of the molecule is C[C@@H]1NC(=O)[C@H]([C@@H](C)O)NC(=O)[C@@H]2C[C@H](NC(=O)c3cccnc3)CN2C(=O)[C@H](Cc2ccccc2)NC(=O)COc2ccc(cc2)CCNC1=O. The van der Waals surface area contributed by atoms with E-state index in [1.54, 1.807) is 60.7 Å². The molecule has 1 saturated heterocycles. The van der Waals surface area contributed by atoms with Crippen LogP contribution < -0.4 is 31.3 Å². The van der Waals surface area contributed by atoms with Gasteiger partial charge in [-0.05, 0) is 62.1 Å². The summed E-state index contributed by atoms with van der Waals surface area (Å²) in [5, 5.41) is 24.0. The maximum absolute atomic E-state index is 14.4. The maximum atomic E-state index is 14.4. The second-order valence-electron chi connectivity index (χ2n) is 12.9. The molecule has 0 unspecified atom stereocenters. The quantitative estimate of drug-likeness (QED) is 0.191. The fraction of sp³-hybridized carbons (Fsp3) is 0.378. The van der Waals surface area contributed by atoms with Gasteiger partial charge in [0.05, 0.1) is 11.7 Å². The van der Waals surface area contributed by atoms with Gasteiger partial charge in [-0.3, -0.25) is 33.8 Å². The third-order valence-electron chi connectivity index (χ3n) is 8.88. The minimum atomic E-state index is -1.49.